The molecule has 0 atom stereocenters. The van der Waals surface area contributed by atoms with Crippen LogP contribution in [0.25, 0.3) is 33.2 Å². The Bertz CT molecular complexity index is 1120. The number of esters is 1. The summed E-state index contributed by atoms with van der Waals surface area (Å²) in [7, 11) is 0. The summed E-state index contributed by atoms with van der Waals surface area (Å²) < 4.78 is 5.24. The molecule has 0 saturated carbocycles. The lowest BCUT2D eigenvalue weighted by molar-refractivity contribution is 0.0528. The zero-order valence-corrected chi connectivity index (χ0v) is 14.3. The number of anilines is 1. The second-order valence-corrected chi connectivity index (χ2v) is 5.88. The van der Waals surface area contributed by atoms with Crippen LogP contribution in [0.15, 0.2) is 60.7 Å². The van der Waals surface area contributed by atoms with Gasteiger partial charge in [0.2, 0.25) is 0 Å². The standard InChI is InChI=1S/C21H17N3O2/c1-2-26-21(25)18-14(13-8-4-3-5-9-13)12-17-20(19(18)22)24-16-11-7-6-10-15(16)23-17/h3-12H,2,22H2,1H3. The van der Waals surface area contributed by atoms with Crippen LogP contribution in [0.2, 0.25) is 0 Å². The van der Waals surface area contributed by atoms with Gasteiger partial charge in [-0.2, -0.15) is 0 Å². The van der Waals surface area contributed by atoms with E-state index < -0.39 is 5.97 Å². The van der Waals surface area contributed by atoms with E-state index in [0.29, 0.717) is 22.2 Å². The molecule has 0 aliphatic carbocycles. The molecule has 0 aliphatic heterocycles. The molecule has 0 bridgehead atoms. The van der Waals surface area contributed by atoms with Gasteiger partial charge >= 0.3 is 5.97 Å². The summed E-state index contributed by atoms with van der Waals surface area (Å²) in [4.78, 5) is 21.9. The van der Waals surface area contributed by atoms with Crippen molar-refractivity contribution in [3.63, 3.8) is 0 Å². The van der Waals surface area contributed by atoms with Crippen LogP contribution >= 0.6 is 0 Å². The third-order valence-corrected chi connectivity index (χ3v) is 4.24. The lowest BCUT2D eigenvalue weighted by Crippen LogP contribution is -2.11. The SMILES string of the molecule is CCOC(=O)c1c(-c2ccccc2)cc2nc3ccccc3nc2c1N. The highest BCUT2D eigenvalue weighted by atomic mass is 16.5. The fourth-order valence-electron chi connectivity index (χ4n) is 3.05. The predicted octanol–water partition coefficient (Wildman–Crippen LogP) is 4.21. The maximum absolute atomic E-state index is 12.6. The van der Waals surface area contributed by atoms with Crippen LogP contribution in [0.4, 0.5) is 5.69 Å². The molecule has 1 heterocycles. The zero-order chi connectivity index (χ0) is 18.1. The molecule has 4 aromatic rings. The normalized spacial score (nSPS) is 11.0. The smallest absolute Gasteiger partial charge is 0.340 e. The number of nitrogens with zero attached hydrogens (tertiary/aromatic N) is 2. The molecular formula is C21H17N3O2. The molecule has 1 aromatic heterocycles. The van der Waals surface area contributed by atoms with E-state index in [4.69, 9.17) is 10.5 Å². The Hall–Kier alpha value is -3.47. The number of nitrogens with two attached hydrogens (primary N) is 1. The highest BCUT2D eigenvalue weighted by Crippen LogP contribution is 2.34. The summed E-state index contributed by atoms with van der Waals surface area (Å²) in [5.74, 6) is -0.458. The van der Waals surface area contributed by atoms with Gasteiger partial charge in [0, 0.05) is 5.56 Å². The molecule has 0 unspecified atom stereocenters. The molecule has 0 saturated heterocycles. The van der Waals surface area contributed by atoms with E-state index in [2.05, 4.69) is 9.97 Å². The number of aromatic nitrogens is 2. The second-order valence-electron chi connectivity index (χ2n) is 5.88. The molecule has 0 spiro atoms. The third-order valence-electron chi connectivity index (χ3n) is 4.24. The molecule has 0 fully saturated rings. The Morgan fingerprint density at radius 2 is 1.62 bits per heavy atom. The van der Waals surface area contributed by atoms with E-state index in [1.165, 1.54) is 0 Å². The minimum Gasteiger partial charge on any atom is -0.462 e. The number of fused-ring (bicyclic) bond motifs is 2. The van der Waals surface area contributed by atoms with Crippen LogP contribution in [-0.2, 0) is 4.74 Å². The van der Waals surface area contributed by atoms with E-state index in [1.54, 1.807) is 6.92 Å². The predicted molar refractivity (Wildman–Crippen MR) is 103 cm³/mol. The number of rotatable bonds is 3. The number of ether oxygens (including phenoxy) is 1. The Balaban J connectivity index is 2.08. The number of nitrogen functional groups attached to an aromatic ring is 1. The van der Waals surface area contributed by atoms with E-state index in [9.17, 15) is 4.79 Å². The maximum atomic E-state index is 12.6. The molecule has 0 amide bonds. The first-order chi connectivity index (χ1) is 12.7. The van der Waals surface area contributed by atoms with Crippen molar-refractivity contribution in [2.45, 2.75) is 6.92 Å². The third kappa shape index (κ3) is 2.63. The molecule has 4 rings (SSSR count). The van der Waals surface area contributed by atoms with E-state index >= 15 is 0 Å². The van der Waals surface area contributed by atoms with Crippen molar-refractivity contribution in [3.8, 4) is 11.1 Å². The average molecular weight is 343 g/mol. The largest absolute Gasteiger partial charge is 0.462 e. The van der Waals surface area contributed by atoms with E-state index in [1.807, 2.05) is 60.7 Å². The fourth-order valence-corrected chi connectivity index (χ4v) is 3.05. The average Bonchev–Trinajstić information content (AvgIpc) is 2.67. The summed E-state index contributed by atoms with van der Waals surface area (Å²) in [6.07, 6.45) is 0. The first-order valence-electron chi connectivity index (χ1n) is 8.40. The van der Waals surface area contributed by atoms with Crippen molar-refractivity contribution in [1.29, 1.82) is 0 Å². The quantitative estimate of drug-likeness (QED) is 0.342. The first-order valence-corrected chi connectivity index (χ1v) is 8.40. The molecule has 0 radical (unpaired) electrons. The van der Waals surface area contributed by atoms with Gasteiger partial charge in [-0.15, -0.1) is 0 Å². The summed E-state index contributed by atoms with van der Waals surface area (Å²) in [6.45, 7) is 2.04. The highest BCUT2D eigenvalue weighted by molar-refractivity contribution is 6.10. The van der Waals surface area contributed by atoms with Gasteiger partial charge in [0.15, 0.2) is 0 Å². The monoisotopic (exact) mass is 343 g/mol. The van der Waals surface area contributed by atoms with Crippen LogP contribution in [0, 0.1) is 0 Å². The van der Waals surface area contributed by atoms with Gasteiger partial charge in [0.05, 0.1) is 34.4 Å². The molecule has 5 heteroatoms. The number of benzene rings is 3. The molecule has 128 valence electrons. The van der Waals surface area contributed by atoms with Crippen molar-refractivity contribution in [2.75, 3.05) is 12.3 Å². The van der Waals surface area contributed by atoms with Gasteiger partial charge in [-0.05, 0) is 30.7 Å². The number of carbonyl (C=O) groups excluding carboxylic acids is 1. The van der Waals surface area contributed by atoms with Crippen molar-refractivity contribution in [1.82, 2.24) is 9.97 Å². The van der Waals surface area contributed by atoms with Crippen molar-refractivity contribution in [3.05, 3.63) is 66.2 Å². The van der Waals surface area contributed by atoms with Gasteiger partial charge < -0.3 is 10.5 Å². The summed E-state index contributed by atoms with van der Waals surface area (Å²) in [5.41, 5.74) is 11.2. The summed E-state index contributed by atoms with van der Waals surface area (Å²) >= 11 is 0. The lowest BCUT2D eigenvalue weighted by Gasteiger charge is -2.14. The van der Waals surface area contributed by atoms with Gasteiger partial charge in [0.25, 0.3) is 0 Å². The van der Waals surface area contributed by atoms with Crippen LogP contribution in [0.3, 0.4) is 0 Å². The molecule has 2 N–H and O–H groups in total. The van der Waals surface area contributed by atoms with Crippen LogP contribution < -0.4 is 5.73 Å². The highest BCUT2D eigenvalue weighted by Gasteiger charge is 2.22. The molecule has 26 heavy (non-hydrogen) atoms. The molecule has 0 aliphatic rings. The number of hydrogen-bond acceptors (Lipinski definition) is 5. The minimum atomic E-state index is -0.458. The minimum absolute atomic E-state index is 0.272. The van der Waals surface area contributed by atoms with Crippen LogP contribution in [0.5, 0.6) is 0 Å². The summed E-state index contributed by atoms with van der Waals surface area (Å²) in [5, 5.41) is 0. The van der Waals surface area contributed by atoms with Crippen LogP contribution in [-0.4, -0.2) is 22.5 Å². The zero-order valence-electron chi connectivity index (χ0n) is 14.3. The Labute approximate surface area is 150 Å². The van der Waals surface area contributed by atoms with Crippen LogP contribution in [0.1, 0.15) is 17.3 Å². The van der Waals surface area contributed by atoms with Crippen molar-refractivity contribution < 1.29 is 9.53 Å². The number of para-hydroxylation sites is 2. The molecular weight excluding hydrogens is 326 g/mol. The van der Waals surface area contributed by atoms with Gasteiger partial charge in [-0.1, -0.05) is 42.5 Å². The van der Waals surface area contributed by atoms with Gasteiger partial charge in [-0.3, -0.25) is 0 Å². The molecule has 5 nitrogen and oxygen atoms in total. The second kappa shape index (κ2) is 6.44. The first kappa shape index (κ1) is 16.0. The summed E-state index contributed by atoms with van der Waals surface area (Å²) in [6, 6.07) is 19.0. The van der Waals surface area contributed by atoms with Crippen molar-refractivity contribution in [2.24, 2.45) is 0 Å². The maximum Gasteiger partial charge on any atom is 0.340 e. The van der Waals surface area contributed by atoms with Crippen molar-refractivity contribution >= 4 is 33.7 Å². The molecule has 3 aromatic carbocycles. The topological polar surface area (TPSA) is 78.1 Å². The lowest BCUT2D eigenvalue weighted by atomic mass is 9.96. The Kier molecular flexibility index (Phi) is 3.97. The fraction of sp³-hybridized carbons (Fsp3) is 0.0952. The Morgan fingerprint density at radius 1 is 0.962 bits per heavy atom. The van der Waals surface area contributed by atoms with E-state index in [0.717, 1.165) is 16.6 Å². The van der Waals surface area contributed by atoms with E-state index in [-0.39, 0.29) is 12.3 Å². The van der Waals surface area contributed by atoms with Gasteiger partial charge in [-0.25, -0.2) is 14.8 Å². The Morgan fingerprint density at radius 3 is 2.31 bits per heavy atom. The number of hydrogen-bond donors (Lipinski definition) is 1. The van der Waals surface area contributed by atoms with Gasteiger partial charge in [0.1, 0.15) is 5.52 Å². The number of carbonyl (C=O) groups is 1.